The number of carbonyl (C=O) groups excluding carboxylic acids is 2. The highest BCUT2D eigenvalue weighted by molar-refractivity contribution is 5.92. The van der Waals surface area contributed by atoms with Crippen molar-refractivity contribution < 1.29 is 28.5 Å². The number of hydrogen-bond acceptors (Lipinski definition) is 9. The van der Waals surface area contributed by atoms with Crippen LogP contribution in [0.3, 0.4) is 0 Å². The first kappa shape index (κ1) is 54.8. The summed E-state index contributed by atoms with van der Waals surface area (Å²) in [5.74, 6) is 1.45. The second-order valence-corrected chi connectivity index (χ2v) is 18.3. The van der Waals surface area contributed by atoms with E-state index < -0.39 is 11.9 Å². The standard InChI is InChI=1S/C61H79N3O6/c1-3-5-7-9-11-13-15-16-17-18-20-22-24-26-47-68-57-42-38-55(39-43-57)64-63-54-34-30-51(31-35-54)61(66)70-59-29-27-28-50(48-59)49-62-53-36-44-58(45-37-53)69-60(65)52-32-40-56(41-33-52)67-46-25-23-21-19-14-12-10-8-6-4-2/h27-45,48-49H,3-26,46-47H2,1-2H3. The van der Waals surface area contributed by atoms with Gasteiger partial charge in [-0.05, 0) is 128 Å². The summed E-state index contributed by atoms with van der Waals surface area (Å²) in [5, 5.41) is 8.69. The van der Waals surface area contributed by atoms with Gasteiger partial charge in [-0.2, -0.15) is 10.2 Å². The van der Waals surface area contributed by atoms with Crippen LogP contribution in [0.2, 0.25) is 0 Å². The normalized spacial score (nSPS) is 11.3. The molecule has 0 heterocycles. The Kier molecular flexibility index (Phi) is 26.8. The molecule has 9 heteroatoms. The lowest BCUT2D eigenvalue weighted by Gasteiger charge is -2.08. The Bertz CT molecular complexity index is 2240. The van der Waals surface area contributed by atoms with Gasteiger partial charge in [-0.15, -0.1) is 0 Å². The molecule has 5 aromatic rings. The van der Waals surface area contributed by atoms with Crippen LogP contribution in [0.25, 0.3) is 0 Å². The molecule has 0 fully saturated rings. The molecule has 0 saturated carbocycles. The van der Waals surface area contributed by atoms with Crippen molar-refractivity contribution in [3.8, 4) is 23.0 Å². The van der Waals surface area contributed by atoms with Crippen LogP contribution in [-0.4, -0.2) is 31.4 Å². The average molecular weight is 950 g/mol. The molecule has 0 saturated heterocycles. The fourth-order valence-electron chi connectivity index (χ4n) is 8.08. The van der Waals surface area contributed by atoms with Crippen LogP contribution in [0.15, 0.2) is 137 Å². The summed E-state index contributed by atoms with van der Waals surface area (Å²) in [5.41, 5.74) is 3.58. The van der Waals surface area contributed by atoms with Gasteiger partial charge in [0.2, 0.25) is 0 Å². The third-order valence-electron chi connectivity index (χ3n) is 12.3. The highest BCUT2D eigenvalue weighted by Gasteiger charge is 2.11. The number of carbonyl (C=O) groups is 2. The van der Waals surface area contributed by atoms with Gasteiger partial charge in [0.05, 0.1) is 41.4 Å². The zero-order chi connectivity index (χ0) is 49.1. The van der Waals surface area contributed by atoms with Crippen molar-refractivity contribution in [2.75, 3.05) is 13.2 Å². The fourth-order valence-corrected chi connectivity index (χ4v) is 8.08. The monoisotopic (exact) mass is 950 g/mol. The first-order valence-electron chi connectivity index (χ1n) is 26.6. The van der Waals surface area contributed by atoms with E-state index in [1.165, 1.54) is 141 Å². The smallest absolute Gasteiger partial charge is 0.343 e. The van der Waals surface area contributed by atoms with E-state index in [1.54, 1.807) is 85.1 Å². The lowest BCUT2D eigenvalue weighted by Crippen LogP contribution is -2.08. The highest BCUT2D eigenvalue weighted by Crippen LogP contribution is 2.25. The van der Waals surface area contributed by atoms with Crippen molar-refractivity contribution in [2.24, 2.45) is 15.2 Å². The number of benzene rings is 5. The topological polar surface area (TPSA) is 108 Å². The molecule has 0 amide bonds. The van der Waals surface area contributed by atoms with Gasteiger partial charge in [0, 0.05) is 6.21 Å². The molecule has 70 heavy (non-hydrogen) atoms. The van der Waals surface area contributed by atoms with Gasteiger partial charge in [-0.25, -0.2) is 9.59 Å². The quantitative estimate of drug-likeness (QED) is 0.0130. The van der Waals surface area contributed by atoms with E-state index in [-0.39, 0.29) is 0 Å². The average Bonchev–Trinajstić information content (AvgIpc) is 3.39. The second kappa shape index (κ2) is 34.2. The summed E-state index contributed by atoms with van der Waals surface area (Å²) in [6, 6.07) is 35.6. The predicted octanol–water partition coefficient (Wildman–Crippen LogP) is 18.5. The SMILES string of the molecule is CCCCCCCCCCCCCCCCOc1ccc(N=Nc2ccc(C(=O)Oc3cccc(C=Nc4ccc(OC(=O)c5ccc(OCCCCCCCCCCCC)cc5)cc4)c3)cc2)cc1. The third kappa shape index (κ3) is 23.0. The fraction of sp³-hybridized carbons (Fsp3) is 0.459. The van der Waals surface area contributed by atoms with E-state index in [1.807, 2.05) is 42.5 Å². The van der Waals surface area contributed by atoms with E-state index in [0.717, 1.165) is 36.5 Å². The molecule has 0 aliphatic rings. The van der Waals surface area contributed by atoms with Crippen molar-refractivity contribution in [3.05, 3.63) is 138 Å². The maximum Gasteiger partial charge on any atom is 0.343 e. The molecule has 0 unspecified atom stereocenters. The van der Waals surface area contributed by atoms with Crippen molar-refractivity contribution in [1.29, 1.82) is 0 Å². The molecule has 0 aliphatic carbocycles. The number of azo groups is 1. The Labute approximate surface area is 419 Å². The van der Waals surface area contributed by atoms with Crippen LogP contribution in [0, 0.1) is 0 Å². The first-order valence-corrected chi connectivity index (χ1v) is 26.6. The first-order chi connectivity index (χ1) is 34.5. The molecule has 0 aromatic heterocycles. The Balaban J connectivity index is 0.940. The van der Waals surface area contributed by atoms with Crippen LogP contribution >= 0.6 is 0 Å². The van der Waals surface area contributed by atoms with Crippen LogP contribution < -0.4 is 18.9 Å². The Morgan fingerprint density at radius 2 is 0.743 bits per heavy atom. The molecule has 374 valence electrons. The number of rotatable bonds is 36. The summed E-state index contributed by atoms with van der Waals surface area (Å²) in [7, 11) is 0. The second-order valence-electron chi connectivity index (χ2n) is 18.3. The zero-order valence-electron chi connectivity index (χ0n) is 42.3. The molecule has 0 bridgehead atoms. The van der Waals surface area contributed by atoms with E-state index in [2.05, 4.69) is 29.1 Å². The summed E-state index contributed by atoms with van der Waals surface area (Å²) >= 11 is 0. The van der Waals surface area contributed by atoms with E-state index in [4.69, 9.17) is 18.9 Å². The van der Waals surface area contributed by atoms with Crippen molar-refractivity contribution in [1.82, 2.24) is 0 Å². The molecule has 0 N–H and O–H groups in total. The third-order valence-corrected chi connectivity index (χ3v) is 12.3. The zero-order valence-corrected chi connectivity index (χ0v) is 42.3. The predicted molar refractivity (Wildman–Crippen MR) is 287 cm³/mol. The summed E-state index contributed by atoms with van der Waals surface area (Å²) < 4.78 is 23.1. The van der Waals surface area contributed by atoms with E-state index in [9.17, 15) is 9.59 Å². The van der Waals surface area contributed by atoms with Gasteiger partial charge in [-0.3, -0.25) is 4.99 Å². The molecule has 0 aliphatic heterocycles. The Morgan fingerprint density at radius 3 is 1.20 bits per heavy atom. The van der Waals surface area contributed by atoms with Crippen LogP contribution in [0.1, 0.15) is 194 Å². The minimum atomic E-state index is -0.490. The minimum Gasteiger partial charge on any atom is -0.494 e. The van der Waals surface area contributed by atoms with Crippen LogP contribution in [-0.2, 0) is 0 Å². The van der Waals surface area contributed by atoms with Gasteiger partial charge in [0.15, 0.2) is 0 Å². The molecule has 5 aromatic carbocycles. The number of esters is 2. The molecule has 5 rings (SSSR count). The lowest BCUT2D eigenvalue weighted by molar-refractivity contribution is 0.0725. The summed E-state index contributed by atoms with van der Waals surface area (Å²) in [6.07, 6.45) is 33.3. The maximum absolute atomic E-state index is 13.0. The number of ether oxygens (including phenoxy) is 4. The number of nitrogens with zero attached hydrogens (tertiary/aromatic N) is 3. The van der Waals surface area contributed by atoms with Gasteiger partial charge in [-0.1, -0.05) is 167 Å². The largest absolute Gasteiger partial charge is 0.494 e. The molecular formula is C61H79N3O6. The van der Waals surface area contributed by atoms with Crippen molar-refractivity contribution >= 4 is 35.2 Å². The number of unbranched alkanes of at least 4 members (excludes halogenated alkanes) is 22. The maximum atomic E-state index is 13.0. The number of hydrogen-bond donors (Lipinski definition) is 0. The Morgan fingerprint density at radius 1 is 0.386 bits per heavy atom. The molecule has 0 spiro atoms. The van der Waals surface area contributed by atoms with Gasteiger partial charge < -0.3 is 18.9 Å². The lowest BCUT2D eigenvalue weighted by atomic mass is 10.0. The molecule has 0 radical (unpaired) electrons. The van der Waals surface area contributed by atoms with Crippen molar-refractivity contribution in [2.45, 2.75) is 168 Å². The Hall–Kier alpha value is -6.09. The number of aliphatic imine (C=N–C) groups is 1. The van der Waals surface area contributed by atoms with E-state index in [0.29, 0.717) is 46.3 Å². The van der Waals surface area contributed by atoms with Gasteiger partial charge in [0.1, 0.15) is 23.0 Å². The molecule has 9 nitrogen and oxygen atoms in total. The van der Waals surface area contributed by atoms with Crippen molar-refractivity contribution in [3.63, 3.8) is 0 Å². The minimum absolute atomic E-state index is 0.389. The van der Waals surface area contributed by atoms with Crippen LogP contribution in [0.4, 0.5) is 17.1 Å². The van der Waals surface area contributed by atoms with E-state index >= 15 is 0 Å². The molecular weight excluding hydrogens is 871 g/mol. The summed E-state index contributed by atoms with van der Waals surface area (Å²) in [4.78, 5) is 30.4. The van der Waals surface area contributed by atoms with Gasteiger partial charge in [0.25, 0.3) is 0 Å². The van der Waals surface area contributed by atoms with Crippen LogP contribution in [0.5, 0.6) is 23.0 Å². The highest BCUT2D eigenvalue weighted by atomic mass is 16.5. The van der Waals surface area contributed by atoms with Gasteiger partial charge >= 0.3 is 11.9 Å². The molecule has 0 atom stereocenters. The summed E-state index contributed by atoms with van der Waals surface area (Å²) in [6.45, 7) is 5.93.